The number of hydrogen-bond donors (Lipinski definition) is 1. The van der Waals surface area contributed by atoms with Gasteiger partial charge in [0.05, 0.1) is 0 Å². The number of aliphatic imine (C=N–C) groups is 1. The van der Waals surface area contributed by atoms with Crippen LogP contribution in [0.5, 0.6) is 0 Å². The number of piperazine rings is 1. The first-order valence-electron chi connectivity index (χ1n) is 8.36. The summed E-state index contributed by atoms with van der Waals surface area (Å²) in [7, 11) is 1.76. The normalized spacial score (nSPS) is 17.7. The third kappa shape index (κ3) is 4.32. The van der Waals surface area contributed by atoms with E-state index < -0.39 is 11.6 Å². The maximum atomic E-state index is 14.1. The molecule has 1 aliphatic heterocycles. The first-order chi connectivity index (χ1) is 11.6. The number of nitrogens with zero attached hydrogens (tertiary/aromatic N) is 3. The fourth-order valence-corrected chi connectivity index (χ4v) is 3.19. The van der Waals surface area contributed by atoms with Crippen molar-refractivity contribution in [3.05, 3.63) is 48.1 Å². The van der Waals surface area contributed by atoms with Crippen molar-refractivity contribution in [1.29, 1.82) is 0 Å². The van der Waals surface area contributed by atoms with Gasteiger partial charge in [0.15, 0.2) is 5.96 Å². The van der Waals surface area contributed by atoms with E-state index in [1.165, 1.54) is 6.07 Å². The van der Waals surface area contributed by atoms with Gasteiger partial charge in [0.25, 0.3) is 0 Å². The lowest BCUT2D eigenvalue weighted by Crippen LogP contribution is -2.53. The van der Waals surface area contributed by atoms with Gasteiger partial charge in [-0.15, -0.1) is 6.58 Å². The summed E-state index contributed by atoms with van der Waals surface area (Å²) in [6, 6.07) is 3.83. The van der Waals surface area contributed by atoms with Gasteiger partial charge in [-0.25, -0.2) is 8.78 Å². The Morgan fingerprint density at radius 3 is 2.58 bits per heavy atom. The van der Waals surface area contributed by atoms with Gasteiger partial charge < -0.3 is 10.2 Å². The van der Waals surface area contributed by atoms with Crippen molar-refractivity contribution < 1.29 is 8.78 Å². The molecule has 132 valence electrons. The Hall–Kier alpha value is -1.95. The van der Waals surface area contributed by atoms with Crippen LogP contribution in [0, 0.1) is 11.6 Å². The number of guanidine groups is 1. The summed E-state index contributed by atoms with van der Waals surface area (Å²) in [5.74, 6) is -0.142. The largest absolute Gasteiger partial charge is 0.353 e. The first kappa shape index (κ1) is 18.4. The second-order valence-corrected chi connectivity index (χ2v) is 5.83. The lowest BCUT2D eigenvalue weighted by molar-refractivity contribution is 0.125. The van der Waals surface area contributed by atoms with Gasteiger partial charge in [0, 0.05) is 57.4 Å². The van der Waals surface area contributed by atoms with Gasteiger partial charge in [0.1, 0.15) is 11.6 Å². The minimum absolute atomic E-state index is 0.0316. The van der Waals surface area contributed by atoms with E-state index in [1.807, 2.05) is 6.92 Å². The molecule has 2 rings (SSSR count). The van der Waals surface area contributed by atoms with Crippen molar-refractivity contribution in [3.8, 4) is 0 Å². The van der Waals surface area contributed by atoms with Crippen LogP contribution in [0.2, 0.25) is 0 Å². The van der Waals surface area contributed by atoms with Crippen LogP contribution in [0.25, 0.3) is 0 Å². The number of benzene rings is 1. The maximum absolute atomic E-state index is 14.1. The highest BCUT2D eigenvalue weighted by Gasteiger charge is 2.26. The summed E-state index contributed by atoms with van der Waals surface area (Å²) in [6.07, 6.45) is 2.58. The molecular weight excluding hydrogens is 310 g/mol. The fraction of sp³-hybridized carbons (Fsp3) is 0.500. The molecule has 0 saturated carbocycles. The van der Waals surface area contributed by atoms with Crippen LogP contribution >= 0.6 is 0 Å². The van der Waals surface area contributed by atoms with Crippen molar-refractivity contribution >= 4 is 5.96 Å². The smallest absolute Gasteiger partial charge is 0.193 e. The monoisotopic (exact) mass is 336 g/mol. The third-order valence-corrected chi connectivity index (χ3v) is 4.38. The summed E-state index contributed by atoms with van der Waals surface area (Å²) >= 11 is 0. The van der Waals surface area contributed by atoms with Crippen LogP contribution in [0.1, 0.15) is 24.9 Å². The van der Waals surface area contributed by atoms with Crippen LogP contribution in [-0.4, -0.2) is 55.5 Å². The molecule has 24 heavy (non-hydrogen) atoms. The quantitative estimate of drug-likeness (QED) is 0.510. The van der Waals surface area contributed by atoms with Crippen molar-refractivity contribution in [2.24, 2.45) is 4.99 Å². The van der Waals surface area contributed by atoms with E-state index in [0.29, 0.717) is 12.1 Å². The molecule has 1 saturated heterocycles. The van der Waals surface area contributed by atoms with E-state index in [-0.39, 0.29) is 6.04 Å². The zero-order chi connectivity index (χ0) is 17.5. The molecule has 1 N–H and O–H groups in total. The van der Waals surface area contributed by atoms with E-state index in [4.69, 9.17) is 0 Å². The van der Waals surface area contributed by atoms with E-state index >= 15 is 0 Å². The fourth-order valence-electron chi connectivity index (χ4n) is 3.19. The summed E-state index contributed by atoms with van der Waals surface area (Å²) in [4.78, 5) is 8.73. The van der Waals surface area contributed by atoms with E-state index in [2.05, 4.69) is 26.7 Å². The average molecular weight is 336 g/mol. The molecule has 0 aliphatic carbocycles. The SMILES string of the molecule is C=CCNC(=NC)N1CCN(C(CC)c2ccc(F)cc2F)CC1. The Kier molecular flexibility index (Phi) is 6.73. The predicted octanol–water partition coefficient (Wildman–Crippen LogP) is 2.79. The van der Waals surface area contributed by atoms with Crippen molar-refractivity contribution in [3.63, 3.8) is 0 Å². The molecule has 1 aliphatic rings. The second kappa shape index (κ2) is 8.78. The Morgan fingerprint density at radius 2 is 2.04 bits per heavy atom. The van der Waals surface area contributed by atoms with Crippen LogP contribution in [0.4, 0.5) is 8.78 Å². The first-order valence-corrected chi connectivity index (χ1v) is 8.36. The zero-order valence-electron chi connectivity index (χ0n) is 14.4. The van der Waals surface area contributed by atoms with Crippen molar-refractivity contribution in [1.82, 2.24) is 15.1 Å². The Labute approximate surface area is 142 Å². The van der Waals surface area contributed by atoms with Gasteiger partial charge in [-0.05, 0) is 12.5 Å². The molecule has 0 aromatic heterocycles. The van der Waals surface area contributed by atoms with Gasteiger partial charge in [-0.1, -0.05) is 19.1 Å². The number of nitrogens with one attached hydrogen (secondary N) is 1. The molecule has 1 atom stereocenters. The lowest BCUT2D eigenvalue weighted by atomic mass is 10.0. The second-order valence-electron chi connectivity index (χ2n) is 5.83. The third-order valence-electron chi connectivity index (χ3n) is 4.38. The van der Waals surface area contributed by atoms with E-state index in [9.17, 15) is 8.78 Å². The molecule has 0 spiro atoms. The highest BCUT2D eigenvalue weighted by molar-refractivity contribution is 5.80. The minimum Gasteiger partial charge on any atom is -0.353 e. The highest BCUT2D eigenvalue weighted by atomic mass is 19.1. The molecule has 0 amide bonds. The highest BCUT2D eigenvalue weighted by Crippen LogP contribution is 2.27. The topological polar surface area (TPSA) is 30.9 Å². The van der Waals surface area contributed by atoms with E-state index in [0.717, 1.165) is 44.6 Å². The Bertz CT molecular complexity index is 580. The predicted molar refractivity (Wildman–Crippen MR) is 94.1 cm³/mol. The molecule has 6 heteroatoms. The van der Waals surface area contributed by atoms with E-state index in [1.54, 1.807) is 19.2 Å². The molecule has 1 aromatic carbocycles. The molecular formula is C18H26F2N4. The zero-order valence-corrected chi connectivity index (χ0v) is 14.4. The van der Waals surface area contributed by atoms with Gasteiger partial charge >= 0.3 is 0 Å². The average Bonchev–Trinajstić information content (AvgIpc) is 2.59. The standard InChI is InChI=1S/C18H26F2N4/c1-4-8-22-18(21-3)24-11-9-23(10-12-24)17(5-2)15-7-6-14(19)13-16(15)20/h4,6-7,13,17H,1,5,8-12H2,2-3H3,(H,21,22). The van der Waals surface area contributed by atoms with Gasteiger partial charge in [-0.3, -0.25) is 9.89 Å². The van der Waals surface area contributed by atoms with Crippen molar-refractivity contribution in [2.75, 3.05) is 39.8 Å². The Morgan fingerprint density at radius 1 is 1.33 bits per heavy atom. The molecule has 1 fully saturated rings. The van der Waals surface area contributed by atoms with Crippen LogP contribution < -0.4 is 5.32 Å². The van der Waals surface area contributed by atoms with Crippen molar-refractivity contribution in [2.45, 2.75) is 19.4 Å². The van der Waals surface area contributed by atoms with Crippen LogP contribution in [-0.2, 0) is 0 Å². The Balaban J connectivity index is 2.02. The van der Waals surface area contributed by atoms with Gasteiger partial charge in [-0.2, -0.15) is 0 Å². The number of halogens is 2. The molecule has 1 heterocycles. The summed E-state index contributed by atoms with van der Waals surface area (Å²) in [6.45, 7) is 9.65. The van der Waals surface area contributed by atoms with Crippen LogP contribution in [0.15, 0.2) is 35.8 Å². The minimum atomic E-state index is -0.534. The van der Waals surface area contributed by atoms with Gasteiger partial charge in [0.2, 0.25) is 0 Å². The summed E-state index contributed by atoms with van der Waals surface area (Å²) in [5.41, 5.74) is 0.571. The number of rotatable bonds is 5. The molecule has 1 unspecified atom stereocenters. The number of hydrogen-bond acceptors (Lipinski definition) is 2. The maximum Gasteiger partial charge on any atom is 0.193 e. The van der Waals surface area contributed by atoms with Crippen LogP contribution in [0.3, 0.4) is 0 Å². The lowest BCUT2D eigenvalue weighted by Gasteiger charge is -2.40. The summed E-state index contributed by atoms with van der Waals surface area (Å²) < 4.78 is 27.3. The summed E-state index contributed by atoms with van der Waals surface area (Å²) in [5, 5.41) is 3.23. The molecule has 0 bridgehead atoms. The molecule has 4 nitrogen and oxygen atoms in total. The molecule has 0 radical (unpaired) electrons. The molecule has 1 aromatic rings.